The zero-order valence-corrected chi connectivity index (χ0v) is 18.4. The highest BCUT2D eigenvalue weighted by atomic mass is 19.4. The topological polar surface area (TPSA) is 9.23 Å². The van der Waals surface area contributed by atoms with Crippen molar-refractivity contribution in [2.45, 2.75) is 19.2 Å². The van der Waals surface area contributed by atoms with Crippen molar-refractivity contribution in [3.63, 3.8) is 0 Å². The van der Waals surface area contributed by atoms with E-state index in [0.717, 1.165) is 35.9 Å². The molecule has 0 amide bonds. The van der Waals surface area contributed by atoms with E-state index in [2.05, 4.69) is 0 Å². The summed E-state index contributed by atoms with van der Waals surface area (Å²) in [6.45, 7) is 1.75. The molecule has 0 atom stereocenters. The highest BCUT2D eigenvalue weighted by Gasteiger charge is 2.35. The standard InChI is InChI=1S/C27H16F8O/c1-15-2-7-18(8-3-15)27(34,35)36-19-9-4-16(5-10-19)20-11-12-21(25(30)24(20)29)17-6-13-22(23(28)14-17)26(31,32)33/h2-14H,1H3. The number of benzene rings is 4. The fourth-order valence-corrected chi connectivity index (χ4v) is 3.56. The first-order chi connectivity index (χ1) is 16.9. The van der Waals surface area contributed by atoms with Crippen molar-refractivity contribution >= 4 is 0 Å². The molecule has 4 rings (SSSR count). The Kier molecular flexibility index (Phi) is 6.51. The second-order valence-electron chi connectivity index (χ2n) is 7.99. The summed E-state index contributed by atoms with van der Waals surface area (Å²) in [6.07, 6.45) is -8.57. The summed E-state index contributed by atoms with van der Waals surface area (Å²) in [4.78, 5) is 0. The van der Waals surface area contributed by atoms with Gasteiger partial charge in [-0.3, -0.25) is 0 Å². The van der Waals surface area contributed by atoms with Gasteiger partial charge in [-0.25, -0.2) is 13.2 Å². The monoisotopic (exact) mass is 508 g/mol. The number of aryl methyl sites for hydroxylation is 1. The predicted octanol–water partition coefficient (Wildman–Crippen LogP) is 8.89. The van der Waals surface area contributed by atoms with Gasteiger partial charge < -0.3 is 4.74 Å². The van der Waals surface area contributed by atoms with Gasteiger partial charge in [0.05, 0.1) is 11.1 Å². The molecule has 0 aliphatic rings. The zero-order chi connectivity index (χ0) is 26.3. The lowest BCUT2D eigenvalue weighted by Crippen LogP contribution is -2.21. The largest absolute Gasteiger partial charge is 0.429 e. The second-order valence-corrected chi connectivity index (χ2v) is 7.99. The molecule has 0 fully saturated rings. The van der Waals surface area contributed by atoms with Gasteiger partial charge in [0.1, 0.15) is 11.6 Å². The van der Waals surface area contributed by atoms with E-state index < -0.39 is 40.9 Å². The molecule has 36 heavy (non-hydrogen) atoms. The Bertz CT molecular complexity index is 1390. The number of alkyl halides is 5. The molecule has 1 nitrogen and oxygen atoms in total. The Hall–Kier alpha value is -3.88. The lowest BCUT2D eigenvalue weighted by Gasteiger charge is -2.18. The molecule has 0 bridgehead atoms. The van der Waals surface area contributed by atoms with E-state index in [1.165, 1.54) is 36.4 Å². The van der Waals surface area contributed by atoms with E-state index in [4.69, 9.17) is 4.74 Å². The summed E-state index contributed by atoms with van der Waals surface area (Å²) in [5.74, 6) is -4.59. The Morgan fingerprint density at radius 1 is 0.611 bits per heavy atom. The van der Waals surface area contributed by atoms with Gasteiger partial charge in [-0.2, -0.15) is 22.0 Å². The maximum atomic E-state index is 14.8. The molecule has 0 radical (unpaired) electrons. The molecule has 0 N–H and O–H groups in total. The Morgan fingerprint density at radius 3 is 1.67 bits per heavy atom. The van der Waals surface area contributed by atoms with Gasteiger partial charge in [0, 0.05) is 11.1 Å². The van der Waals surface area contributed by atoms with Gasteiger partial charge in [0.15, 0.2) is 11.6 Å². The molecule has 4 aromatic rings. The van der Waals surface area contributed by atoms with Gasteiger partial charge in [0.2, 0.25) is 0 Å². The van der Waals surface area contributed by atoms with E-state index in [1.54, 1.807) is 6.92 Å². The van der Waals surface area contributed by atoms with Crippen LogP contribution in [0.3, 0.4) is 0 Å². The molecule has 0 heterocycles. The predicted molar refractivity (Wildman–Crippen MR) is 118 cm³/mol. The highest BCUT2D eigenvalue weighted by Crippen LogP contribution is 2.37. The molecule has 9 heteroatoms. The van der Waals surface area contributed by atoms with Gasteiger partial charge in [0.25, 0.3) is 0 Å². The van der Waals surface area contributed by atoms with E-state index in [9.17, 15) is 35.1 Å². The molecule has 0 aliphatic carbocycles. The normalized spacial score (nSPS) is 12.0. The molecular weight excluding hydrogens is 492 g/mol. The fraction of sp³-hybridized carbons (Fsp3) is 0.111. The number of rotatable bonds is 5. The average molecular weight is 508 g/mol. The van der Waals surface area contributed by atoms with Crippen LogP contribution in [-0.4, -0.2) is 0 Å². The fourth-order valence-electron chi connectivity index (χ4n) is 3.56. The van der Waals surface area contributed by atoms with Crippen molar-refractivity contribution in [2.24, 2.45) is 0 Å². The lowest BCUT2D eigenvalue weighted by molar-refractivity contribution is -0.185. The van der Waals surface area contributed by atoms with Crippen LogP contribution in [-0.2, 0) is 12.3 Å². The van der Waals surface area contributed by atoms with Gasteiger partial charge in [-0.15, -0.1) is 0 Å². The molecular formula is C27H16F8O. The Labute approximate surface area is 200 Å². The first-order valence-corrected chi connectivity index (χ1v) is 10.5. The van der Waals surface area contributed by atoms with E-state index in [1.807, 2.05) is 0 Å². The molecule has 186 valence electrons. The summed E-state index contributed by atoms with van der Waals surface area (Å²) in [7, 11) is 0. The SMILES string of the molecule is Cc1ccc(C(F)(F)Oc2ccc(-c3ccc(-c4ccc(C(F)(F)F)c(F)c4)c(F)c3F)cc2)cc1. The van der Waals surface area contributed by atoms with Crippen LogP contribution in [0.2, 0.25) is 0 Å². The molecule has 4 aromatic carbocycles. The quantitative estimate of drug-likeness (QED) is 0.245. The van der Waals surface area contributed by atoms with Crippen LogP contribution in [0.25, 0.3) is 22.3 Å². The summed E-state index contributed by atoms with van der Waals surface area (Å²) < 4.78 is 115. The molecule has 0 saturated carbocycles. The first kappa shape index (κ1) is 25.2. The first-order valence-electron chi connectivity index (χ1n) is 10.5. The molecule has 0 aliphatic heterocycles. The van der Waals surface area contributed by atoms with Gasteiger partial charge in [-0.05, 0) is 54.4 Å². The van der Waals surface area contributed by atoms with Crippen LogP contribution in [0.1, 0.15) is 16.7 Å². The highest BCUT2D eigenvalue weighted by molar-refractivity contribution is 5.72. The van der Waals surface area contributed by atoms with Crippen LogP contribution in [0.5, 0.6) is 5.75 Å². The number of ether oxygens (including phenoxy) is 1. The molecule has 0 unspecified atom stereocenters. The smallest absolute Gasteiger partial charge is 0.426 e. The summed E-state index contributed by atoms with van der Waals surface area (Å²) in [6, 6.07) is 14.3. The third kappa shape index (κ3) is 5.05. The van der Waals surface area contributed by atoms with Crippen molar-refractivity contribution in [1.82, 2.24) is 0 Å². The number of hydrogen-bond acceptors (Lipinski definition) is 1. The van der Waals surface area contributed by atoms with Gasteiger partial charge in [-0.1, -0.05) is 48.0 Å². The maximum absolute atomic E-state index is 14.8. The number of hydrogen-bond donors (Lipinski definition) is 0. The minimum atomic E-state index is -4.93. The Morgan fingerprint density at radius 2 is 1.14 bits per heavy atom. The van der Waals surface area contributed by atoms with Crippen LogP contribution >= 0.6 is 0 Å². The average Bonchev–Trinajstić information content (AvgIpc) is 2.80. The summed E-state index contributed by atoms with van der Waals surface area (Å²) >= 11 is 0. The summed E-state index contributed by atoms with van der Waals surface area (Å²) in [5, 5.41) is 0. The second kappa shape index (κ2) is 9.29. The van der Waals surface area contributed by atoms with E-state index in [-0.39, 0.29) is 28.0 Å². The van der Waals surface area contributed by atoms with E-state index >= 15 is 0 Å². The zero-order valence-electron chi connectivity index (χ0n) is 18.4. The number of halogens is 8. The van der Waals surface area contributed by atoms with Crippen molar-refractivity contribution < 1.29 is 39.9 Å². The lowest BCUT2D eigenvalue weighted by atomic mass is 9.98. The van der Waals surface area contributed by atoms with Crippen molar-refractivity contribution in [3.8, 4) is 28.0 Å². The van der Waals surface area contributed by atoms with Crippen LogP contribution in [0.4, 0.5) is 35.1 Å². The van der Waals surface area contributed by atoms with E-state index in [0.29, 0.717) is 12.1 Å². The van der Waals surface area contributed by atoms with Crippen molar-refractivity contribution in [2.75, 3.05) is 0 Å². The Balaban J connectivity index is 1.59. The third-order valence-electron chi connectivity index (χ3n) is 5.47. The molecule has 0 spiro atoms. The van der Waals surface area contributed by atoms with Crippen LogP contribution in [0, 0.1) is 24.4 Å². The van der Waals surface area contributed by atoms with Crippen LogP contribution < -0.4 is 4.74 Å². The summed E-state index contributed by atoms with van der Waals surface area (Å²) in [5.41, 5.74) is -1.93. The molecule has 0 saturated heterocycles. The maximum Gasteiger partial charge on any atom is 0.426 e. The van der Waals surface area contributed by atoms with Gasteiger partial charge >= 0.3 is 12.3 Å². The minimum absolute atomic E-state index is 0.127. The third-order valence-corrected chi connectivity index (χ3v) is 5.47. The molecule has 0 aromatic heterocycles. The minimum Gasteiger partial charge on any atom is -0.429 e. The van der Waals surface area contributed by atoms with Crippen molar-refractivity contribution in [3.05, 3.63) is 113 Å². The van der Waals surface area contributed by atoms with Crippen molar-refractivity contribution in [1.29, 1.82) is 0 Å². The van der Waals surface area contributed by atoms with Crippen LogP contribution in [0.15, 0.2) is 78.9 Å².